The SMILES string of the molecule is O=C(NCC1CCCC1(F)F)N1C[C@@H]2CCC[C@@]2(C(=O)O)C1. The molecule has 2 aliphatic carbocycles. The summed E-state index contributed by atoms with van der Waals surface area (Å²) in [7, 11) is 0. The van der Waals surface area contributed by atoms with Crippen LogP contribution in [0.2, 0.25) is 0 Å². The van der Waals surface area contributed by atoms with Crippen molar-refractivity contribution in [1.82, 2.24) is 10.2 Å². The minimum absolute atomic E-state index is 0.0105. The number of hydrogen-bond donors (Lipinski definition) is 2. The summed E-state index contributed by atoms with van der Waals surface area (Å²) in [6.07, 6.45) is 3.09. The second kappa shape index (κ2) is 5.35. The third kappa shape index (κ3) is 2.44. The van der Waals surface area contributed by atoms with Crippen molar-refractivity contribution in [1.29, 1.82) is 0 Å². The lowest BCUT2D eigenvalue weighted by Crippen LogP contribution is -2.44. The van der Waals surface area contributed by atoms with Crippen molar-refractivity contribution in [3.8, 4) is 0 Å². The highest BCUT2D eigenvalue weighted by Crippen LogP contribution is 2.48. The smallest absolute Gasteiger partial charge is 0.317 e. The van der Waals surface area contributed by atoms with E-state index in [0.29, 0.717) is 25.8 Å². The Balaban J connectivity index is 1.57. The summed E-state index contributed by atoms with van der Waals surface area (Å²) in [6.45, 7) is 0.576. The van der Waals surface area contributed by atoms with Gasteiger partial charge in [0, 0.05) is 32.0 Å². The average Bonchev–Trinajstić information content (AvgIpc) is 3.07. The molecule has 2 N–H and O–H groups in total. The number of likely N-dealkylation sites (tertiary alicyclic amines) is 1. The molecule has 2 amide bonds. The minimum atomic E-state index is -2.70. The number of nitrogens with zero attached hydrogens (tertiary/aromatic N) is 1. The van der Waals surface area contributed by atoms with Gasteiger partial charge in [-0.15, -0.1) is 0 Å². The molecule has 0 aromatic heterocycles. The summed E-state index contributed by atoms with van der Waals surface area (Å²) in [6, 6.07) is -0.405. The van der Waals surface area contributed by atoms with E-state index >= 15 is 0 Å². The topological polar surface area (TPSA) is 69.6 Å². The molecule has 1 saturated heterocycles. The van der Waals surface area contributed by atoms with Crippen molar-refractivity contribution in [2.75, 3.05) is 19.6 Å². The molecule has 2 saturated carbocycles. The van der Waals surface area contributed by atoms with Crippen LogP contribution in [0.5, 0.6) is 0 Å². The van der Waals surface area contributed by atoms with Gasteiger partial charge in [0.25, 0.3) is 5.92 Å². The summed E-state index contributed by atoms with van der Waals surface area (Å²) < 4.78 is 27.1. The predicted molar refractivity (Wildman–Crippen MR) is 74.7 cm³/mol. The predicted octanol–water partition coefficient (Wildman–Crippen LogP) is 2.32. The van der Waals surface area contributed by atoms with Crippen LogP contribution in [-0.2, 0) is 4.79 Å². The van der Waals surface area contributed by atoms with E-state index in [1.807, 2.05) is 0 Å². The third-order valence-electron chi connectivity index (χ3n) is 5.74. The first-order valence-corrected chi connectivity index (χ1v) is 7.99. The first-order valence-electron chi connectivity index (χ1n) is 7.99. The van der Waals surface area contributed by atoms with Gasteiger partial charge >= 0.3 is 12.0 Å². The number of halogens is 2. The van der Waals surface area contributed by atoms with Gasteiger partial charge < -0.3 is 15.3 Å². The van der Waals surface area contributed by atoms with Gasteiger partial charge in [0.1, 0.15) is 0 Å². The maximum atomic E-state index is 13.5. The van der Waals surface area contributed by atoms with Crippen LogP contribution in [0.4, 0.5) is 13.6 Å². The lowest BCUT2D eigenvalue weighted by atomic mass is 9.81. The van der Waals surface area contributed by atoms with Crippen molar-refractivity contribution >= 4 is 12.0 Å². The third-order valence-corrected chi connectivity index (χ3v) is 5.74. The van der Waals surface area contributed by atoms with E-state index in [2.05, 4.69) is 5.32 Å². The first-order chi connectivity index (χ1) is 10.3. The van der Waals surface area contributed by atoms with Gasteiger partial charge in [0.05, 0.1) is 5.41 Å². The number of hydrogen-bond acceptors (Lipinski definition) is 2. The van der Waals surface area contributed by atoms with Gasteiger partial charge in [-0.2, -0.15) is 0 Å². The van der Waals surface area contributed by atoms with E-state index in [1.54, 1.807) is 0 Å². The lowest BCUT2D eigenvalue weighted by molar-refractivity contribution is -0.149. The fraction of sp³-hybridized carbons (Fsp3) is 0.867. The van der Waals surface area contributed by atoms with Crippen LogP contribution < -0.4 is 5.32 Å². The molecule has 0 aromatic carbocycles. The normalized spacial score (nSPS) is 36.4. The number of amides is 2. The summed E-state index contributed by atoms with van der Waals surface area (Å²) in [5.74, 6) is -4.35. The highest BCUT2D eigenvalue weighted by atomic mass is 19.3. The van der Waals surface area contributed by atoms with Crippen molar-refractivity contribution in [3.05, 3.63) is 0 Å². The second-order valence-corrected chi connectivity index (χ2v) is 6.97. The van der Waals surface area contributed by atoms with Crippen LogP contribution in [0.25, 0.3) is 0 Å². The number of urea groups is 1. The van der Waals surface area contributed by atoms with E-state index in [9.17, 15) is 23.5 Å². The molecule has 5 nitrogen and oxygen atoms in total. The number of aliphatic carboxylic acids is 1. The first kappa shape index (κ1) is 15.5. The molecule has 3 aliphatic rings. The largest absolute Gasteiger partial charge is 0.481 e. The molecule has 3 rings (SSSR count). The molecule has 3 fully saturated rings. The Morgan fingerprint density at radius 3 is 2.55 bits per heavy atom. The highest BCUT2D eigenvalue weighted by Gasteiger charge is 2.56. The number of carbonyl (C=O) groups excluding carboxylic acids is 1. The van der Waals surface area contributed by atoms with E-state index in [4.69, 9.17) is 0 Å². The Bertz CT molecular complexity index is 485. The quantitative estimate of drug-likeness (QED) is 0.839. The molecule has 0 spiro atoms. The zero-order valence-electron chi connectivity index (χ0n) is 12.5. The van der Waals surface area contributed by atoms with Gasteiger partial charge in [-0.25, -0.2) is 13.6 Å². The Labute approximate surface area is 128 Å². The van der Waals surface area contributed by atoms with Gasteiger partial charge in [-0.05, 0) is 31.6 Å². The Hall–Kier alpha value is -1.40. The maximum Gasteiger partial charge on any atom is 0.317 e. The van der Waals surface area contributed by atoms with Crippen molar-refractivity contribution in [3.63, 3.8) is 0 Å². The number of alkyl halides is 2. The summed E-state index contributed by atoms with van der Waals surface area (Å²) in [5, 5.41) is 12.1. The van der Waals surface area contributed by atoms with Crippen LogP contribution in [0.3, 0.4) is 0 Å². The maximum absolute atomic E-state index is 13.5. The summed E-state index contributed by atoms with van der Waals surface area (Å²) in [4.78, 5) is 25.2. The fourth-order valence-corrected chi connectivity index (χ4v) is 4.37. The zero-order valence-corrected chi connectivity index (χ0v) is 12.5. The van der Waals surface area contributed by atoms with Gasteiger partial charge in [0.15, 0.2) is 0 Å². The van der Waals surface area contributed by atoms with Crippen molar-refractivity contribution < 1.29 is 23.5 Å². The van der Waals surface area contributed by atoms with Crippen LogP contribution in [0.1, 0.15) is 38.5 Å². The standard InChI is InChI=1S/C15H22F2N2O3/c16-15(17)6-2-3-10(15)7-18-13(22)19-8-11-4-1-5-14(11,9-19)12(20)21/h10-11H,1-9H2,(H,18,22)(H,20,21)/t10?,11-,14+/m0/s1. The number of rotatable bonds is 3. The Kier molecular flexibility index (Phi) is 3.77. The summed E-state index contributed by atoms with van der Waals surface area (Å²) in [5.41, 5.74) is -0.825. The Morgan fingerprint density at radius 1 is 1.23 bits per heavy atom. The monoisotopic (exact) mass is 316 g/mol. The molecule has 7 heteroatoms. The molecule has 0 aromatic rings. The second-order valence-electron chi connectivity index (χ2n) is 6.97. The lowest BCUT2D eigenvalue weighted by Gasteiger charge is -2.24. The number of carboxylic acid groups (broad SMARTS) is 1. The molecule has 1 unspecified atom stereocenters. The molecule has 124 valence electrons. The molecule has 0 radical (unpaired) electrons. The molecular formula is C15H22F2N2O3. The van der Waals surface area contributed by atoms with Crippen LogP contribution in [-0.4, -0.2) is 47.6 Å². The molecule has 1 heterocycles. The number of fused-ring (bicyclic) bond motifs is 1. The van der Waals surface area contributed by atoms with Crippen LogP contribution in [0.15, 0.2) is 0 Å². The highest BCUT2D eigenvalue weighted by molar-refractivity contribution is 5.80. The molecule has 22 heavy (non-hydrogen) atoms. The van der Waals surface area contributed by atoms with Gasteiger partial charge in [-0.1, -0.05) is 6.42 Å². The Morgan fingerprint density at radius 2 is 1.95 bits per heavy atom. The van der Waals surface area contributed by atoms with Gasteiger partial charge in [0.2, 0.25) is 0 Å². The van der Waals surface area contributed by atoms with Gasteiger partial charge in [-0.3, -0.25) is 4.79 Å². The minimum Gasteiger partial charge on any atom is -0.481 e. The van der Waals surface area contributed by atoms with Crippen molar-refractivity contribution in [2.24, 2.45) is 17.3 Å². The number of carbonyl (C=O) groups is 2. The fourth-order valence-electron chi connectivity index (χ4n) is 4.37. The van der Waals surface area contributed by atoms with E-state index in [-0.39, 0.29) is 25.4 Å². The molecule has 0 bridgehead atoms. The number of carboxylic acids is 1. The average molecular weight is 316 g/mol. The van der Waals surface area contributed by atoms with Crippen LogP contribution >= 0.6 is 0 Å². The van der Waals surface area contributed by atoms with Crippen LogP contribution in [0, 0.1) is 17.3 Å². The van der Waals surface area contributed by atoms with E-state index in [1.165, 1.54) is 4.90 Å². The summed E-state index contributed by atoms with van der Waals surface area (Å²) >= 11 is 0. The molecule has 1 aliphatic heterocycles. The molecular weight excluding hydrogens is 294 g/mol. The number of nitrogens with one attached hydrogen (secondary N) is 1. The van der Waals surface area contributed by atoms with E-state index < -0.39 is 29.3 Å². The zero-order chi connectivity index (χ0) is 16.0. The van der Waals surface area contributed by atoms with Crippen molar-refractivity contribution in [2.45, 2.75) is 44.4 Å². The van der Waals surface area contributed by atoms with E-state index in [0.717, 1.165) is 12.8 Å². The molecule has 3 atom stereocenters.